The minimum absolute atomic E-state index is 0.125. The molecule has 34 heavy (non-hydrogen) atoms. The number of anilines is 1. The maximum absolute atomic E-state index is 13.6. The summed E-state index contributed by atoms with van der Waals surface area (Å²) in [5.41, 5.74) is 4.45. The summed E-state index contributed by atoms with van der Waals surface area (Å²) < 4.78 is 12.5. The Labute approximate surface area is 194 Å². The molecule has 4 aromatic rings. The third-order valence-electron chi connectivity index (χ3n) is 6.83. The van der Waals surface area contributed by atoms with E-state index in [4.69, 9.17) is 9.47 Å². The van der Waals surface area contributed by atoms with Crippen LogP contribution in [0.3, 0.4) is 0 Å². The van der Waals surface area contributed by atoms with E-state index in [9.17, 15) is 9.59 Å². The van der Waals surface area contributed by atoms with Crippen LogP contribution in [0.1, 0.15) is 46.1 Å². The van der Waals surface area contributed by atoms with Crippen LogP contribution in [-0.4, -0.2) is 57.3 Å². The normalized spacial score (nSPS) is 16.4. The number of carbonyl (C=O) groups is 1. The minimum atomic E-state index is -0.330. The van der Waals surface area contributed by atoms with E-state index in [-0.39, 0.29) is 23.0 Å². The van der Waals surface area contributed by atoms with E-state index in [1.54, 1.807) is 24.3 Å². The first kappa shape index (κ1) is 20.8. The first-order valence-corrected chi connectivity index (χ1v) is 11.4. The van der Waals surface area contributed by atoms with E-state index in [1.165, 1.54) is 0 Å². The van der Waals surface area contributed by atoms with Gasteiger partial charge in [0.25, 0.3) is 11.5 Å². The van der Waals surface area contributed by atoms with Crippen molar-refractivity contribution in [2.24, 2.45) is 0 Å². The molecule has 2 aliphatic rings. The number of amides is 1. The molecular weight excluding hydrogens is 436 g/mol. The predicted octanol–water partition coefficient (Wildman–Crippen LogP) is 2.38. The smallest absolute Gasteiger partial charge is 0.294 e. The van der Waals surface area contributed by atoms with E-state index in [0.717, 1.165) is 47.4 Å². The number of nitrogens with one attached hydrogen (secondary N) is 1. The summed E-state index contributed by atoms with van der Waals surface area (Å²) in [6, 6.07) is 5.56. The number of nitrogens with zero attached hydrogens (tertiary/aromatic N) is 5. The van der Waals surface area contributed by atoms with Crippen molar-refractivity contribution in [3.8, 4) is 5.88 Å². The molecule has 1 aromatic carbocycles. The second-order valence-corrected chi connectivity index (χ2v) is 8.80. The predicted molar refractivity (Wildman–Crippen MR) is 125 cm³/mol. The molecule has 3 aromatic heterocycles. The number of benzene rings is 1. The lowest BCUT2D eigenvalue weighted by Crippen LogP contribution is -2.29. The Morgan fingerprint density at radius 1 is 1.21 bits per heavy atom. The van der Waals surface area contributed by atoms with E-state index >= 15 is 0 Å². The molecule has 0 radical (unpaired) electrons. The van der Waals surface area contributed by atoms with Gasteiger partial charge < -0.3 is 19.4 Å². The lowest BCUT2D eigenvalue weighted by molar-refractivity contribution is 0.0834. The summed E-state index contributed by atoms with van der Waals surface area (Å²) in [6.07, 6.45) is 4.08. The molecule has 0 aliphatic carbocycles. The van der Waals surface area contributed by atoms with Crippen molar-refractivity contribution >= 4 is 28.3 Å². The van der Waals surface area contributed by atoms with Crippen LogP contribution >= 0.6 is 0 Å². The molecule has 0 atom stereocenters. The zero-order chi connectivity index (χ0) is 23.4. The van der Waals surface area contributed by atoms with Gasteiger partial charge in [-0.25, -0.2) is 4.98 Å². The van der Waals surface area contributed by atoms with Crippen molar-refractivity contribution in [2.45, 2.75) is 32.1 Å². The van der Waals surface area contributed by atoms with Crippen LogP contribution in [0.25, 0.3) is 16.7 Å². The monoisotopic (exact) mass is 460 g/mol. The number of aromatic nitrogens is 5. The average molecular weight is 460 g/mol. The minimum Gasteiger partial charge on any atom is -0.481 e. The largest absolute Gasteiger partial charge is 0.481 e. The van der Waals surface area contributed by atoms with Crippen LogP contribution in [0.2, 0.25) is 0 Å². The van der Waals surface area contributed by atoms with E-state index in [2.05, 4.69) is 20.2 Å². The highest BCUT2D eigenvalue weighted by atomic mass is 16.5. The van der Waals surface area contributed by atoms with Crippen molar-refractivity contribution in [3.05, 3.63) is 57.3 Å². The highest BCUT2D eigenvalue weighted by Crippen LogP contribution is 2.32. The number of rotatable bonds is 3. The topological polar surface area (TPSA) is 115 Å². The summed E-state index contributed by atoms with van der Waals surface area (Å²) >= 11 is 0. The lowest BCUT2D eigenvalue weighted by Gasteiger charge is -2.21. The number of carbonyl (C=O) groups excluding carboxylic acids is 1. The fourth-order valence-corrected chi connectivity index (χ4v) is 5.02. The molecule has 1 saturated heterocycles. The third kappa shape index (κ3) is 3.17. The number of fused-ring (bicyclic) bond motifs is 4. The van der Waals surface area contributed by atoms with E-state index in [1.807, 2.05) is 23.5 Å². The first-order chi connectivity index (χ1) is 16.5. The zero-order valence-corrected chi connectivity index (χ0v) is 19.0. The summed E-state index contributed by atoms with van der Waals surface area (Å²) in [5, 5.41) is 8.53. The molecule has 2 aliphatic heterocycles. The van der Waals surface area contributed by atoms with Gasteiger partial charge in [-0.1, -0.05) is 0 Å². The average Bonchev–Trinajstić information content (AvgIpc) is 3.49. The molecule has 0 bridgehead atoms. The fourth-order valence-electron chi connectivity index (χ4n) is 5.02. The summed E-state index contributed by atoms with van der Waals surface area (Å²) in [6.45, 7) is 3.80. The molecule has 0 unspecified atom stereocenters. The SMILES string of the molecule is COc1cc2c(cn1)N(C(=O)c1cc3[nH]c(=O)c4nnc(C5CCOCC5)n4c3cc1C)CC2. The summed E-state index contributed by atoms with van der Waals surface area (Å²) in [4.78, 5) is 35.3. The maximum Gasteiger partial charge on any atom is 0.294 e. The number of H-pyrrole nitrogens is 1. The van der Waals surface area contributed by atoms with Gasteiger partial charge >= 0.3 is 0 Å². The van der Waals surface area contributed by atoms with Crippen molar-refractivity contribution in [1.82, 2.24) is 24.6 Å². The van der Waals surface area contributed by atoms with Gasteiger partial charge in [-0.15, -0.1) is 10.2 Å². The standard InChI is InChI=1S/C24H24N6O4/c1-13-9-18-17(26-23(31)22-28-27-21(30(18)22)14-4-7-34-8-5-14)11-16(13)24(32)29-6-3-15-10-20(33-2)25-12-19(15)29/h9-12,14H,3-8H2,1-2H3,(H,26,31). The highest BCUT2D eigenvalue weighted by molar-refractivity contribution is 6.09. The summed E-state index contributed by atoms with van der Waals surface area (Å²) in [7, 11) is 1.58. The lowest BCUT2D eigenvalue weighted by atomic mass is 9.99. The van der Waals surface area contributed by atoms with Gasteiger partial charge in [0.1, 0.15) is 5.82 Å². The molecular formula is C24H24N6O4. The number of aryl methyl sites for hydroxylation is 1. The number of pyridine rings is 1. The second-order valence-electron chi connectivity index (χ2n) is 8.80. The highest BCUT2D eigenvalue weighted by Gasteiger charge is 2.29. The van der Waals surface area contributed by atoms with Gasteiger partial charge in [-0.05, 0) is 49.4 Å². The van der Waals surface area contributed by atoms with Gasteiger partial charge in [0.2, 0.25) is 11.5 Å². The summed E-state index contributed by atoms with van der Waals surface area (Å²) in [5.74, 6) is 1.34. The first-order valence-electron chi connectivity index (χ1n) is 11.4. The Morgan fingerprint density at radius 2 is 2.03 bits per heavy atom. The third-order valence-corrected chi connectivity index (χ3v) is 6.83. The van der Waals surface area contributed by atoms with Crippen molar-refractivity contribution in [3.63, 3.8) is 0 Å². The van der Waals surface area contributed by atoms with Crippen LogP contribution < -0.4 is 15.2 Å². The Morgan fingerprint density at radius 3 is 2.82 bits per heavy atom. The van der Waals surface area contributed by atoms with E-state index in [0.29, 0.717) is 36.7 Å². The Bertz CT molecular complexity index is 1500. The Hall–Kier alpha value is -3.79. The van der Waals surface area contributed by atoms with Gasteiger partial charge in [0.05, 0.1) is 30.0 Å². The number of ether oxygens (including phenoxy) is 2. The number of hydrogen-bond donors (Lipinski definition) is 1. The molecule has 1 fully saturated rings. The molecule has 5 heterocycles. The van der Waals surface area contributed by atoms with Crippen LogP contribution in [0, 0.1) is 6.92 Å². The quantitative estimate of drug-likeness (QED) is 0.499. The molecule has 10 nitrogen and oxygen atoms in total. The van der Waals surface area contributed by atoms with Crippen molar-refractivity contribution in [2.75, 3.05) is 31.8 Å². The molecule has 1 amide bonds. The Kier molecular flexibility index (Phi) is 4.84. The van der Waals surface area contributed by atoms with Gasteiger partial charge in [0, 0.05) is 37.3 Å². The van der Waals surface area contributed by atoms with Crippen LogP contribution in [0.15, 0.2) is 29.2 Å². The Balaban J connectivity index is 1.45. The van der Waals surface area contributed by atoms with Crippen LogP contribution in [0.5, 0.6) is 5.88 Å². The zero-order valence-electron chi connectivity index (χ0n) is 19.0. The number of methoxy groups -OCH3 is 1. The number of aromatic amines is 1. The number of hydrogen-bond acceptors (Lipinski definition) is 7. The maximum atomic E-state index is 13.6. The van der Waals surface area contributed by atoms with Crippen molar-refractivity contribution in [1.29, 1.82) is 0 Å². The van der Waals surface area contributed by atoms with Crippen molar-refractivity contribution < 1.29 is 14.3 Å². The molecule has 0 spiro atoms. The van der Waals surface area contributed by atoms with Crippen LogP contribution in [-0.2, 0) is 11.2 Å². The molecule has 174 valence electrons. The molecule has 1 N–H and O–H groups in total. The molecule has 6 rings (SSSR count). The van der Waals surface area contributed by atoms with Gasteiger partial charge in [-0.2, -0.15) is 0 Å². The van der Waals surface area contributed by atoms with E-state index < -0.39 is 0 Å². The molecule has 0 saturated carbocycles. The van der Waals surface area contributed by atoms with Crippen LogP contribution in [0.4, 0.5) is 5.69 Å². The van der Waals surface area contributed by atoms with Gasteiger partial charge in [0.15, 0.2) is 0 Å². The molecule has 10 heteroatoms. The fraction of sp³-hybridized carbons (Fsp3) is 0.375. The van der Waals surface area contributed by atoms with Gasteiger partial charge in [-0.3, -0.25) is 14.0 Å². The second kappa shape index (κ2) is 7.91.